The molecular weight excluding hydrogens is 262 g/mol. The van der Waals surface area contributed by atoms with E-state index in [4.69, 9.17) is 4.42 Å². The average molecular weight is 279 g/mol. The summed E-state index contributed by atoms with van der Waals surface area (Å²) in [6.07, 6.45) is 3.80. The van der Waals surface area contributed by atoms with E-state index < -0.39 is 10.0 Å². The first kappa shape index (κ1) is 13.8. The summed E-state index contributed by atoms with van der Waals surface area (Å²) < 4.78 is 31.7. The number of rotatable bonds is 5. The van der Waals surface area contributed by atoms with E-state index in [1.807, 2.05) is 26.0 Å². The molecule has 0 spiro atoms. The van der Waals surface area contributed by atoms with Gasteiger partial charge < -0.3 is 4.42 Å². The van der Waals surface area contributed by atoms with Crippen LogP contribution in [-0.4, -0.2) is 15.0 Å². The third-order valence-electron chi connectivity index (χ3n) is 3.07. The van der Waals surface area contributed by atoms with E-state index in [1.54, 1.807) is 24.7 Å². The number of nitrogens with one attached hydrogen (secondary N) is 1. The lowest BCUT2D eigenvalue weighted by atomic mass is 10.1. The monoisotopic (exact) mass is 279 g/mol. The van der Waals surface area contributed by atoms with Gasteiger partial charge in [-0.15, -0.1) is 0 Å². The largest absolute Gasteiger partial charge is 0.472 e. The van der Waals surface area contributed by atoms with Crippen molar-refractivity contribution in [2.75, 3.05) is 6.54 Å². The van der Waals surface area contributed by atoms with Gasteiger partial charge in [-0.1, -0.05) is 6.07 Å². The van der Waals surface area contributed by atoms with Gasteiger partial charge in [-0.3, -0.25) is 0 Å². The molecule has 5 heteroatoms. The maximum absolute atomic E-state index is 12.1. The van der Waals surface area contributed by atoms with Crippen molar-refractivity contribution in [3.05, 3.63) is 53.5 Å². The number of sulfonamides is 1. The molecule has 4 nitrogen and oxygen atoms in total. The van der Waals surface area contributed by atoms with Crippen molar-refractivity contribution in [3.8, 4) is 0 Å². The first-order valence-electron chi connectivity index (χ1n) is 6.07. The Labute approximate surface area is 113 Å². The van der Waals surface area contributed by atoms with E-state index >= 15 is 0 Å². The van der Waals surface area contributed by atoms with Crippen LogP contribution in [0.3, 0.4) is 0 Å². The molecule has 1 N–H and O–H groups in total. The number of furan rings is 1. The SMILES string of the molecule is Cc1ccc(S(=O)(=O)NCCc2ccoc2)cc1C. The second-order valence-electron chi connectivity index (χ2n) is 4.53. The van der Waals surface area contributed by atoms with E-state index in [0.717, 1.165) is 16.7 Å². The molecule has 0 saturated heterocycles. The molecule has 0 aliphatic carbocycles. The molecule has 0 aliphatic rings. The lowest BCUT2D eigenvalue weighted by molar-refractivity contribution is 0.562. The summed E-state index contributed by atoms with van der Waals surface area (Å²) in [7, 11) is -3.43. The second-order valence-corrected chi connectivity index (χ2v) is 6.29. The Bertz CT molecular complexity index is 645. The smallest absolute Gasteiger partial charge is 0.240 e. The molecular formula is C14H17NO3S. The van der Waals surface area contributed by atoms with E-state index in [9.17, 15) is 8.42 Å². The minimum atomic E-state index is -3.43. The molecule has 2 rings (SSSR count). The van der Waals surface area contributed by atoms with Crippen molar-refractivity contribution in [1.29, 1.82) is 0 Å². The second kappa shape index (κ2) is 5.59. The molecule has 1 heterocycles. The molecule has 0 atom stereocenters. The normalized spacial score (nSPS) is 11.7. The van der Waals surface area contributed by atoms with Crippen LogP contribution in [0.1, 0.15) is 16.7 Å². The quantitative estimate of drug-likeness (QED) is 0.914. The standard InChI is InChI=1S/C14H17NO3S/c1-11-3-4-14(9-12(11)2)19(16,17)15-7-5-13-6-8-18-10-13/h3-4,6,8-10,15H,5,7H2,1-2H3. The lowest BCUT2D eigenvalue weighted by Crippen LogP contribution is -2.26. The van der Waals surface area contributed by atoms with Crippen molar-refractivity contribution in [2.24, 2.45) is 0 Å². The zero-order valence-electron chi connectivity index (χ0n) is 11.0. The van der Waals surface area contributed by atoms with Gasteiger partial charge in [0, 0.05) is 6.54 Å². The molecule has 0 unspecified atom stereocenters. The van der Waals surface area contributed by atoms with Gasteiger partial charge in [0.15, 0.2) is 0 Å². The Kier molecular flexibility index (Phi) is 4.07. The number of benzene rings is 1. The molecule has 1 aromatic heterocycles. The number of hydrogen-bond donors (Lipinski definition) is 1. The van der Waals surface area contributed by atoms with Crippen molar-refractivity contribution in [3.63, 3.8) is 0 Å². The maximum Gasteiger partial charge on any atom is 0.240 e. The molecule has 2 aromatic rings. The van der Waals surface area contributed by atoms with Crippen molar-refractivity contribution >= 4 is 10.0 Å². The molecule has 0 saturated carbocycles. The zero-order chi connectivity index (χ0) is 13.9. The minimum Gasteiger partial charge on any atom is -0.472 e. The first-order valence-corrected chi connectivity index (χ1v) is 7.55. The summed E-state index contributed by atoms with van der Waals surface area (Å²) in [4.78, 5) is 0.308. The van der Waals surface area contributed by atoms with E-state index in [2.05, 4.69) is 4.72 Å². The third kappa shape index (κ3) is 3.45. The predicted octanol–water partition coefficient (Wildman–Crippen LogP) is 2.42. The average Bonchev–Trinajstić information content (AvgIpc) is 2.85. The van der Waals surface area contributed by atoms with Crippen LogP contribution in [0.5, 0.6) is 0 Å². The highest BCUT2D eigenvalue weighted by molar-refractivity contribution is 7.89. The van der Waals surface area contributed by atoms with Gasteiger partial charge in [-0.05, 0) is 55.2 Å². The fourth-order valence-corrected chi connectivity index (χ4v) is 2.85. The highest BCUT2D eigenvalue weighted by Gasteiger charge is 2.13. The summed E-state index contributed by atoms with van der Waals surface area (Å²) in [6.45, 7) is 4.21. The summed E-state index contributed by atoms with van der Waals surface area (Å²) >= 11 is 0. The lowest BCUT2D eigenvalue weighted by Gasteiger charge is -2.08. The van der Waals surface area contributed by atoms with Gasteiger partial charge in [0.2, 0.25) is 10.0 Å². The van der Waals surface area contributed by atoms with Crippen molar-refractivity contribution < 1.29 is 12.8 Å². The summed E-state index contributed by atoms with van der Waals surface area (Å²) in [5.41, 5.74) is 3.03. The van der Waals surface area contributed by atoms with Crippen molar-refractivity contribution in [2.45, 2.75) is 25.2 Å². The molecule has 1 aromatic carbocycles. The van der Waals surface area contributed by atoms with Crippen LogP contribution in [0.4, 0.5) is 0 Å². The zero-order valence-corrected chi connectivity index (χ0v) is 11.8. The van der Waals surface area contributed by atoms with Gasteiger partial charge in [-0.25, -0.2) is 13.1 Å². The van der Waals surface area contributed by atoms with E-state index in [0.29, 0.717) is 17.9 Å². The predicted molar refractivity (Wildman–Crippen MR) is 73.5 cm³/mol. The van der Waals surface area contributed by atoms with Gasteiger partial charge in [0.25, 0.3) is 0 Å². The minimum absolute atomic E-state index is 0.308. The highest BCUT2D eigenvalue weighted by atomic mass is 32.2. The number of aryl methyl sites for hydroxylation is 2. The van der Waals surface area contributed by atoms with Gasteiger partial charge in [0.1, 0.15) is 0 Å². The number of hydrogen-bond acceptors (Lipinski definition) is 3. The molecule has 0 radical (unpaired) electrons. The van der Waals surface area contributed by atoms with Crippen LogP contribution in [0, 0.1) is 13.8 Å². The van der Waals surface area contributed by atoms with Crippen molar-refractivity contribution in [1.82, 2.24) is 4.72 Å². The Hall–Kier alpha value is -1.59. The van der Waals surface area contributed by atoms with E-state index in [1.165, 1.54) is 0 Å². The van der Waals surface area contributed by atoms with E-state index in [-0.39, 0.29) is 0 Å². The summed E-state index contributed by atoms with van der Waals surface area (Å²) in [5.74, 6) is 0. The molecule has 102 valence electrons. The van der Waals surface area contributed by atoms with Crippen LogP contribution in [0.15, 0.2) is 46.1 Å². The molecule has 0 aliphatic heterocycles. The van der Waals surface area contributed by atoms with Crippen LogP contribution >= 0.6 is 0 Å². The van der Waals surface area contributed by atoms with Gasteiger partial charge in [-0.2, -0.15) is 0 Å². The van der Waals surface area contributed by atoms with Gasteiger partial charge in [0.05, 0.1) is 17.4 Å². The van der Waals surface area contributed by atoms with Crippen LogP contribution < -0.4 is 4.72 Å². The fourth-order valence-electron chi connectivity index (χ4n) is 1.73. The maximum atomic E-state index is 12.1. The van der Waals surface area contributed by atoms with Crippen LogP contribution in [-0.2, 0) is 16.4 Å². The highest BCUT2D eigenvalue weighted by Crippen LogP contribution is 2.14. The van der Waals surface area contributed by atoms with Crippen LogP contribution in [0.2, 0.25) is 0 Å². The molecule has 19 heavy (non-hydrogen) atoms. The molecule has 0 amide bonds. The third-order valence-corrected chi connectivity index (χ3v) is 4.53. The molecule has 0 fully saturated rings. The Balaban J connectivity index is 2.03. The Morgan fingerprint density at radius 2 is 1.95 bits per heavy atom. The Morgan fingerprint density at radius 1 is 1.16 bits per heavy atom. The topological polar surface area (TPSA) is 59.3 Å². The summed E-state index contributed by atoms with van der Waals surface area (Å²) in [5, 5.41) is 0. The summed E-state index contributed by atoms with van der Waals surface area (Å²) in [6, 6.07) is 6.96. The molecule has 0 bridgehead atoms. The van der Waals surface area contributed by atoms with Crippen LogP contribution in [0.25, 0.3) is 0 Å². The fraction of sp³-hybridized carbons (Fsp3) is 0.286. The van der Waals surface area contributed by atoms with Gasteiger partial charge >= 0.3 is 0 Å². The Morgan fingerprint density at radius 3 is 2.58 bits per heavy atom. The first-order chi connectivity index (χ1) is 8.99.